The van der Waals surface area contributed by atoms with Crippen molar-refractivity contribution < 1.29 is 24.9 Å². The van der Waals surface area contributed by atoms with Crippen molar-refractivity contribution >= 4 is 5.97 Å². The number of nitrogens with zero attached hydrogens (tertiary/aromatic N) is 1. The van der Waals surface area contributed by atoms with E-state index in [0.717, 1.165) is 0 Å². The van der Waals surface area contributed by atoms with Crippen molar-refractivity contribution in [1.82, 2.24) is 4.98 Å². The number of esters is 1. The molecule has 1 aromatic rings. The van der Waals surface area contributed by atoms with Crippen molar-refractivity contribution in [2.24, 2.45) is 0 Å². The molecule has 1 aromatic heterocycles. The topological polar surface area (TPSA) is 99.9 Å². The predicted octanol–water partition coefficient (Wildman–Crippen LogP) is 0.0119. The van der Waals surface area contributed by atoms with E-state index in [1.165, 1.54) is 13.1 Å². The number of ether oxygens (including phenoxy) is 1. The number of hydrogen-bond acceptors (Lipinski definition) is 6. The SMILES string of the molecule is Cc1ncc(COC(=O)C(C)O)c(CO)c1O. The van der Waals surface area contributed by atoms with Crippen LogP contribution in [0, 0.1) is 6.92 Å². The summed E-state index contributed by atoms with van der Waals surface area (Å²) in [7, 11) is 0. The number of rotatable bonds is 4. The Bertz CT molecular complexity index is 417. The first-order valence-corrected chi connectivity index (χ1v) is 5.09. The Morgan fingerprint density at radius 1 is 1.59 bits per heavy atom. The van der Waals surface area contributed by atoms with Gasteiger partial charge < -0.3 is 20.1 Å². The molecule has 0 aliphatic carbocycles. The lowest BCUT2D eigenvalue weighted by molar-refractivity contribution is -0.153. The van der Waals surface area contributed by atoms with Crippen LogP contribution in [-0.4, -0.2) is 32.4 Å². The standard InChI is InChI=1S/C11H15NO5/c1-6-10(15)9(4-13)8(3-12-6)5-17-11(16)7(2)14/h3,7,13-15H,4-5H2,1-2H3. The Morgan fingerprint density at radius 2 is 2.24 bits per heavy atom. The molecule has 0 radical (unpaired) electrons. The maximum absolute atomic E-state index is 11.1. The van der Waals surface area contributed by atoms with E-state index in [1.807, 2.05) is 0 Å². The van der Waals surface area contributed by atoms with Gasteiger partial charge in [-0.1, -0.05) is 0 Å². The number of aliphatic hydroxyl groups is 2. The number of pyridine rings is 1. The zero-order valence-electron chi connectivity index (χ0n) is 9.67. The van der Waals surface area contributed by atoms with Gasteiger partial charge in [0.1, 0.15) is 18.5 Å². The van der Waals surface area contributed by atoms with Gasteiger partial charge in [-0.2, -0.15) is 0 Å². The smallest absolute Gasteiger partial charge is 0.334 e. The van der Waals surface area contributed by atoms with Crippen LogP contribution in [0.3, 0.4) is 0 Å². The summed E-state index contributed by atoms with van der Waals surface area (Å²) in [5.41, 5.74) is 1.07. The van der Waals surface area contributed by atoms with Gasteiger partial charge in [0.05, 0.1) is 12.3 Å². The van der Waals surface area contributed by atoms with E-state index in [0.29, 0.717) is 11.3 Å². The maximum Gasteiger partial charge on any atom is 0.334 e. The molecular weight excluding hydrogens is 226 g/mol. The Morgan fingerprint density at radius 3 is 2.76 bits per heavy atom. The molecule has 0 amide bonds. The second kappa shape index (κ2) is 5.60. The zero-order valence-corrected chi connectivity index (χ0v) is 9.67. The highest BCUT2D eigenvalue weighted by Crippen LogP contribution is 2.24. The van der Waals surface area contributed by atoms with Crippen molar-refractivity contribution in [2.75, 3.05) is 0 Å². The molecule has 0 aromatic carbocycles. The fourth-order valence-electron chi connectivity index (χ4n) is 1.25. The molecule has 0 fully saturated rings. The van der Waals surface area contributed by atoms with E-state index in [1.54, 1.807) is 6.92 Å². The lowest BCUT2D eigenvalue weighted by atomic mass is 10.1. The van der Waals surface area contributed by atoms with Gasteiger partial charge in [-0.25, -0.2) is 4.79 Å². The number of aryl methyl sites for hydroxylation is 1. The Hall–Kier alpha value is -1.66. The normalized spacial score (nSPS) is 12.2. The fraction of sp³-hybridized carbons (Fsp3) is 0.455. The lowest BCUT2D eigenvalue weighted by Gasteiger charge is -2.11. The average Bonchev–Trinajstić information content (AvgIpc) is 2.30. The van der Waals surface area contributed by atoms with Crippen LogP contribution in [0.4, 0.5) is 0 Å². The Labute approximate surface area is 98.5 Å². The largest absolute Gasteiger partial charge is 0.506 e. The third kappa shape index (κ3) is 3.15. The van der Waals surface area contributed by atoms with Gasteiger partial charge in [0.25, 0.3) is 0 Å². The van der Waals surface area contributed by atoms with Crippen molar-refractivity contribution in [1.29, 1.82) is 0 Å². The predicted molar refractivity (Wildman–Crippen MR) is 58.0 cm³/mol. The van der Waals surface area contributed by atoms with Crippen LogP contribution >= 0.6 is 0 Å². The highest BCUT2D eigenvalue weighted by molar-refractivity contribution is 5.73. The summed E-state index contributed by atoms with van der Waals surface area (Å²) < 4.78 is 4.78. The molecule has 17 heavy (non-hydrogen) atoms. The van der Waals surface area contributed by atoms with Crippen LogP contribution in [-0.2, 0) is 22.7 Å². The maximum atomic E-state index is 11.1. The molecule has 0 saturated carbocycles. The summed E-state index contributed by atoms with van der Waals surface area (Å²) in [5, 5.41) is 27.7. The van der Waals surface area contributed by atoms with Gasteiger partial charge in [0.2, 0.25) is 0 Å². The van der Waals surface area contributed by atoms with E-state index in [9.17, 15) is 9.90 Å². The summed E-state index contributed by atoms with van der Waals surface area (Å²) in [6.45, 7) is 2.36. The minimum atomic E-state index is -1.21. The van der Waals surface area contributed by atoms with Gasteiger partial charge in [-0.05, 0) is 13.8 Å². The highest BCUT2D eigenvalue weighted by Gasteiger charge is 2.14. The van der Waals surface area contributed by atoms with E-state index < -0.39 is 12.1 Å². The molecule has 1 unspecified atom stereocenters. The first-order chi connectivity index (χ1) is 7.97. The van der Waals surface area contributed by atoms with Crippen LogP contribution in [0.25, 0.3) is 0 Å². The molecule has 0 spiro atoms. The Kier molecular flexibility index (Phi) is 4.42. The summed E-state index contributed by atoms with van der Waals surface area (Å²) in [4.78, 5) is 14.9. The number of carbonyl (C=O) groups excluding carboxylic acids is 1. The van der Waals surface area contributed by atoms with Crippen LogP contribution in [0.15, 0.2) is 6.20 Å². The van der Waals surface area contributed by atoms with Crippen LogP contribution in [0.2, 0.25) is 0 Å². The molecule has 0 aliphatic heterocycles. The minimum absolute atomic E-state index is 0.113. The molecule has 1 atom stereocenters. The van der Waals surface area contributed by atoms with E-state index in [2.05, 4.69) is 4.98 Å². The third-order valence-corrected chi connectivity index (χ3v) is 2.30. The number of aromatic hydroxyl groups is 1. The van der Waals surface area contributed by atoms with Crippen molar-refractivity contribution in [2.45, 2.75) is 33.2 Å². The third-order valence-electron chi connectivity index (χ3n) is 2.30. The van der Waals surface area contributed by atoms with Gasteiger partial charge in [0, 0.05) is 17.3 Å². The van der Waals surface area contributed by atoms with Crippen LogP contribution in [0.1, 0.15) is 23.7 Å². The molecule has 94 valence electrons. The molecule has 0 bridgehead atoms. The lowest BCUT2D eigenvalue weighted by Crippen LogP contribution is -2.19. The van der Waals surface area contributed by atoms with Crippen molar-refractivity contribution in [3.05, 3.63) is 23.0 Å². The van der Waals surface area contributed by atoms with Crippen LogP contribution in [0.5, 0.6) is 5.75 Å². The van der Waals surface area contributed by atoms with E-state index in [4.69, 9.17) is 14.9 Å². The van der Waals surface area contributed by atoms with E-state index >= 15 is 0 Å². The molecule has 0 saturated heterocycles. The second-order valence-corrected chi connectivity index (χ2v) is 3.64. The average molecular weight is 241 g/mol. The zero-order chi connectivity index (χ0) is 13.0. The first kappa shape index (κ1) is 13.4. The minimum Gasteiger partial charge on any atom is -0.506 e. The van der Waals surface area contributed by atoms with E-state index in [-0.39, 0.29) is 24.5 Å². The quantitative estimate of drug-likeness (QED) is 0.642. The summed E-state index contributed by atoms with van der Waals surface area (Å²) in [6, 6.07) is 0. The summed E-state index contributed by atoms with van der Waals surface area (Å²) in [6.07, 6.45) is 0.204. The molecule has 1 heterocycles. The summed E-state index contributed by atoms with van der Waals surface area (Å²) >= 11 is 0. The monoisotopic (exact) mass is 241 g/mol. The fourth-order valence-corrected chi connectivity index (χ4v) is 1.25. The van der Waals surface area contributed by atoms with Gasteiger partial charge in [-0.15, -0.1) is 0 Å². The van der Waals surface area contributed by atoms with Gasteiger partial charge in [-0.3, -0.25) is 4.98 Å². The first-order valence-electron chi connectivity index (χ1n) is 5.09. The number of hydrogen-bond donors (Lipinski definition) is 3. The molecular formula is C11H15NO5. The molecule has 0 aliphatic rings. The molecule has 6 heteroatoms. The number of carbonyl (C=O) groups is 1. The van der Waals surface area contributed by atoms with Gasteiger partial charge >= 0.3 is 5.97 Å². The van der Waals surface area contributed by atoms with Crippen molar-refractivity contribution in [3.63, 3.8) is 0 Å². The van der Waals surface area contributed by atoms with Crippen molar-refractivity contribution in [3.8, 4) is 5.75 Å². The van der Waals surface area contributed by atoms with Crippen LogP contribution < -0.4 is 0 Å². The molecule has 1 rings (SSSR count). The highest BCUT2D eigenvalue weighted by atomic mass is 16.5. The number of aliphatic hydroxyl groups excluding tert-OH is 2. The second-order valence-electron chi connectivity index (χ2n) is 3.64. The number of aromatic nitrogens is 1. The Balaban J connectivity index is 2.85. The summed E-state index contributed by atoms with van der Waals surface area (Å²) in [5.74, 6) is -0.882. The molecule has 3 N–H and O–H groups in total. The molecule has 6 nitrogen and oxygen atoms in total. The van der Waals surface area contributed by atoms with Gasteiger partial charge in [0.15, 0.2) is 0 Å².